The highest BCUT2D eigenvalue weighted by Gasteiger charge is 2.17. The zero-order valence-electron chi connectivity index (χ0n) is 13.8. The van der Waals surface area contributed by atoms with Crippen molar-refractivity contribution in [2.24, 2.45) is 0 Å². The smallest absolute Gasteiger partial charge is 0.338 e. The van der Waals surface area contributed by atoms with Crippen LogP contribution in [0.15, 0.2) is 29.6 Å². The van der Waals surface area contributed by atoms with Gasteiger partial charge in [-0.3, -0.25) is 10.1 Å². The Balaban J connectivity index is 1.85. The highest BCUT2D eigenvalue weighted by atomic mass is 35.5. The second-order valence-corrected chi connectivity index (χ2v) is 7.14. The molecule has 0 atom stereocenters. The minimum absolute atomic E-state index is 0.0810. The largest absolute Gasteiger partial charge is 0.462 e. The lowest BCUT2D eigenvalue weighted by atomic mass is 10.2. The molecule has 0 aliphatic carbocycles. The second kappa shape index (κ2) is 7.98. The Kier molecular flexibility index (Phi) is 5.70. The van der Waals surface area contributed by atoms with Crippen LogP contribution in [0.1, 0.15) is 27.8 Å². The average Bonchev–Trinajstić information content (AvgIpc) is 3.03. The number of fused-ring (bicyclic) bond motifs is 1. The van der Waals surface area contributed by atoms with Crippen molar-refractivity contribution in [2.75, 3.05) is 18.2 Å². The highest BCUT2D eigenvalue weighted by Crippen LogP contribution is 2.28. The Bertz CT molecular complexity index is 993. The van der Waals surface area contributed by atoms with Crippen molar-refractivity contribution in [2.45, 2.75) is 12.1 Å². The molecule has 1 amide bonds. The molecule has 0 radical (unpaired) electrons. The van der Waals surface area contributed by atoms with E-state index in [1.807, 2.05) is 0 Å². The summed E-state index contributed by atoms with van der Waals surface area (Å²) in [5.74, 6) is -0.872. The average molecular weight is 409 g/mol. The monoisotopic (exact) mass is 408 g/mol. The molecule has 0 fully saturated rings. The molecule has 0 aliphatic heterocycles. The number of hydrogen-bond donors (Lipinski definition) is 1. The summed E-state index contributed by atoms with van der Waals surface area (Å²) in [5, 5.41) is 3.67. The summed E-state index contributed by atoms with van der Waals surface area (Å²) in [4.78, 5) is 36.7. The minimum atomic E-state index is -0.475. The van der Waals surface area contributed by atoms with E-state index in [9.17, 15) is 9.59 Å². The minimum Gasteiger partial charge on any atom is -0.462 e. The summed E-state index contributed by atoms with van der Waals surface area (Å²) in [5.41, 5.74) is 1.18. The molecule has 3 rings (SSSR count). The zero-order valence-corrected chi connectivity index (χ0v) is 16.2. The fraction of sp³-hybridized carbons (Fsp3) is 0.188. The molecule has 134 valence electrons. The number of carbonyl (C=O) groups excluding carboxylic acids is 2. The molecule has 0 saturated carbocycles. The standard InChI is InChI=1S/C16H13ClN4O3S2/c1-3-24-14(23)8-4-5-10-11(6-8)26-16(19-10)21-13(22)12-9(17)7-18-15(20-12)25-2/h4-7H,3H2,1-2H3,(H,19,21,22). The van der Waals surface area contributed by atoms with Crippen LogP contribution in [0.3, 0.4) is 0 Å². The first kappa shape index (κ1) is 18.6. The topological polar surface area (TPSA) is 94.1 Å². The Labute approximate surface area is 162 Å². The highest BCUT2D eigenvalue weighted by molar-refractivity contribution is 7.98. The Morgan fingerprint density at radius 3 is 2.88 bits per heavy atom. The zero-order chi connectivity index (χ0) is 18.7. The predicted octanol–water partition coefficient (Wildman–Crippen LogP) is 3.89. The summed E-state index contributed by atoms with van der Waals surface area (Å²) in [6.07, 6.45) is 3.19. The molecule has 1 N–H and O–H groups in total. The van der Waals surface area contributed by atoms with Crippen molar-refractivity contribution in [1.82, 2.24) is 15.0 Å². The Hall–Kier alpha value is -2.23. The number of anilines is 1. The molecule has 3 aromatic rings. The number of nitrogens with one attached hydrogen (secondary N) is 1. The maximum Gasteiger partial charge on any atom is 0.338 e. The SMILES string of the molecule is CCOC(=O)c1ccc2nc(NC(=O)c3nc(SC)ncc3Cl)sc2c1. The maximum atomic E-state index is 12.4. The van der Waals surface area contributed by atoms with Crippen LogP contribution < -0.4 is 5.32 Å². The first-order chi connectivity index (χ1) is 12.5. The van der Waals surface area contributed by atoms with Gasteiger partial charge in [0.1, 0.15) is 0 Å². The fourth-order valence-electron chi connectivity index (χ4n) is 2.08. The molecular weight excluding hydrogens is 396 g/mol. The van der Waals surface area contributed by atoms with Gasteiger partial charge in [-0.2, -0.15) is 0 Å². The Morgan fingerprint density at radius 2 is 2.15 bits per heavy atom. The number of hydrogen-bond acceptors (Lipinski definition) is 8. The van der Waals surface area contributed by atoms with Crippen LogP contribution in [0.25, 0.3) is 10.2 Å². The van der Waals surface area contributed by atoms with Gasteiger partial charge in [-0.1, -0.05) is 34.7 Å². The van der Waals surface area contributed by atoms with Crippen LogP contribution in [0.5, 0.6) is 0 Å². The number of nitrogens with zero attached hydrogens (tertiary/aromatic N) is 3. The summed E-state index contributed by atoms with van der Waals surface area (Å²) in [6.45, 7) is 2.05. The Morgan fingerprint density at radius 1 is 1.35 bits per heavy atom. The van der Waals surface area contributed by atoms with E-state index < -0.39 is 11.9 Å². The molecule has 0 saturated heterocycles. The fourth-order valence-corrected chi connectivity index (χ4v) is 3.50. The van der Waals surface area contributed by atoms with Crippen LogP contribution in [0, 0.1) is 0 Å². The molecule has 0 spiro atoms. The first-order valence-electron chi connectivity index (χ1n) is 7.47. The second-order valence-electron chi connectivity index (χ2n) is 4.93. The molecule has 2 heterocycles. The molecule has 1 aromatic carbocycles. The molecular formula is C16H13ClN4O3S2. The van der Waals surface area contributed by atoms with Crippen molar-refractivity contribution >= 4 is 61.9 Å². The third-order valence-electron chi connectivity index (χ3n) is 3.24. The van der Waals surface area contributed by atoms with Gasteiger partial charge in [0.2, 0.25) is 0 Å². The van der Waals surface area contributed by atoms with Crippen LogP contribution in [-0.4, -0.2) is 39.7 Å². The number of amides is 1. The summed E-state index contributed by atoms with van der Waals surface area (Å²) in [7, 11) is 0. The lowest BCUT2D eigenvalue weighted by molar-refractivity contribution is 0.0526. The van der Waals surface area contributed by atoms with E-state index >= 15 is 0 Å². The van der Waals surface area contributed by atoms with Crippen molar-refractivity contribution in [1.29, 1.82) is 0 Å². The molecule has 26 heavy (non-hydrogen) atoms. The van der Waals surface area contributed by atoms with Crippen molar-refractivity contribution in [3.63, 3.8) is 0 Å². The van der Waals surface area contributed by atoms with Crippen LogP contribution in [0.4, 0.5) is 5.13 Å². The third kappa shape index (κ3) is 3.95. The normalized spacial score (nSPS) is 10.7. The van der Waals surface area contributed by atoms with Gasteiger partial charge < -0.3 is 4.74 Å². The number of benzene rings is 1. The van der Waals surface area contributed by atoms with Gasteiger partial charge in [0.05, 0.1) is 33.6 Å². The van der Waals surface area contributed by atoms with Gasteiger partial charge in [-0.25, -0.2) is 19.7 Å². The van der Waals surface area contributed by atoms with E-state index in [2.05, 4.69) is 20.3 Å². The van der Waals surface area contributed by atoms with Gasteiger partial charge >= 0.3 is 5.97 Å². The van der Waals surface area contributed by atoms with E-state index in [0.717, 1.165) is 4.70 Å². The van der Waals surface area contributed by atoms with E-state index in [-0.39, 0.29) is 10.7 Å². The van der Waals surface area contributed by atoms with Crippen LogP contribution in [0.2, 0.25) is 5.02 Å². The number of thioether (sulfide) groups is 1. The van der Waals surface area contributed by atoms with Crippen molar-refractivity contribution < 1.29 is 14.3 Å². The molecule has 0 unspecified atom stereocenters. The quantitative estimate of drug-likeness (QED) is 0.388. The van der Waals surface area contributed by atoms with Crippen molar-refractivity contribution in [3.05, 3.63) is 40.7 Å². The molecule has 2 aromatic heterocycles. The summed E-state index contributed by atoms with van der Waals surface area (Å²) < 4.78 is 5.74. The van der Waals surface area contributed by atoms with Gasteiger partial charge in [-0.15, -0.1) is 0 Å². The van der Waals surface area contributed by atoms with E-state index in [4.69, 9.17) is 16.3 Å². The van der Waals surface area contributed by atoms with Gasteiger partial charge in [0.25, 0.3) is 5.91 Å². The number of aromatic nitrogens is 3. The first-order valence-corrected chi connectivity index (χ1v) is 9.89. The lowest BCUT2D eigenvalue weighted by Gasteiger charge is -2.04. The third-order valence-corrected chi connectivity index (χ3v) is 5.01. The molecule has 0 bridgehead atoms. The van der Waals surface area contributed by atoms with Gasteiger partial charge in [0, 0.05) is 0 Å². The maximum absolute atomic E-state index is 12.4. The lowest BCUT2D eigenvalue weighted by Crippen LogP contribution is -2.15. The number of esters is 1. The molecule has 7 nitrogen and oxygen atoms in total. The molecule has 10 heteroatoms. The van der Waals surface area contributed by atoms with Gasteiger partial charge in [-0.05, 0) is 31.4 Å². The summed E-state index contributed by atoms with van der Waals surface area (Å²) >= 11 is 8.57. The van der Waals surface area contributed by atoms with Crippen LogP contribution in [-0.2, 0) is 4.74 Å². The van der Waals surface area contributed by atoms with E-state index in [1.54, 1.807) is 31.4 Å². The van der Waals surface area contributed by atoms with Gasteiger partial charge in [0.15, 0.2) is 16.0 Å². The number of rotatable bonds is 5. The number of thiazole rings is 1. The predicted molar refractivity (Wildman–Crippen MR) is 102 cm³/mol. The van der Waals surface area contributed by atoms with Crippen molar-refractivity contribution in [3.8, 4) is 0 Å². The molecule has 0 aliphatic rings. The van der Waals surface area contributed by atoms with E-state index in [1.165, 1.54) is 29.3 Å². The summed E-state index contributed by atoms with van der Waals surface area (Å²) in [6, 6.07) is 5.03. The van der Waals surface area contributed by atoms with Crippen LogP contribution >= 0.6 is 34.7 Å². The van der Waals surface area contributed by atoms with E-state index in [0.29, 0.717) is 28.0 Å². The number of ether oxygens (including phenoxy) is 1. The number of halogens is 1. The number of carbonyl (C=O) groups is 2.